The molecule has 1 aromatic carbocycles. The highest BCUT2D eigenvalue weighted by molar-refractivity contribution is 14.1. The minimum absolute atomic E-state index is 0.0756. The summed E-state index contributed by atoms with van der Waals surface area (Å²) in [6.07, 6.45) is -2.44. The van der Waals surface area contributed by atoms with Gasteiger partial charge >= 0.3 is 0 Å². The summed E-state index contributed by atoms with van der Waals surface area (Å²) in [7, 11) is 0. The van der Waals surface area contributed by atoms with Gasteiger partial charge in [-0.2, -0.15) is 0 Å². The molecule has 0 unspecified atom stereocenters. The Hall–Kier alpha value is 0.120. The quantitative estimate of drug-likeness (QED) is 0.562. The highest BCUT2D eigenvalue weighted by Gasteiger charge is 2.15. The van der Waals surface area contributed by atoms with Gasteiger partial charge in [-0.05, 0) is 40.1 Å². The van der Waals surface area contributed by atoms with E-state index in [2.05, 4.69) is 35.2 Å². The molecule has 0 aliphatic rings. The average Bonchev–Trinajstić information content (AvgIpc) is 2.59. The number of rotatable bonds is 1. The van der Waals surface area contributed by atoms with Crippen LogP contribution in [0.3, 0.4) is 0 Å². The lowest BCUT2D eigenvalue weighted by Crippen LogP contribution is -1.87. The highest BCUT2D eigenvalue weighted by Crippen LogP contribution is 2.37. The standard InChI is InChI=1S/C9H5F2IS2/c10-9(11)5-3-6(13)7(12)8-4(5)1-2-14-8/h1-3,9,13H. The molecule has 0 N–H and O–H groups in total. The van der Waals surface area contributed by atoms with Crippen molar-refractivity contribution in [3.05, 3.63) is 26.6 Å². The van der Waals surface area contributed by atoms with Crippen molar-refractivity contribution in [3.63, 3.8) is 0 Å². The van der Waals surface area contributed by atoms with Gasteiger partial charge in [-0.15, -0.1) is 24.0 Å². The van der Waals surface area contributed by atoms with E-state index in [1.54, 1.807) is 6.07 Å². The van der Waals surface area contributed by atoms with Gasteiger partial charge in [0.15, 0.2) is 0 Å². The van der Waals surface area contributed by atoms with E-state index in [0.29, 0.717) is 10.3 Å². The van der Waals surface area contributed by atoms with Crippen LogP contribution in [0, 0.1) is 3.57 Å². The maximum absolute atomic E-state index is 12.7. The van der Waals surface area contributed by atoms with Gasteiger partial charge in [0, 0.05) is 24.1 Å². The molecule has 0 fully saturated rings. The second-order valence-electron chi connectivity index (χ2n) is 2.76. The van der Waals surface area contributed by atoms with E-state index in [1.165, 1.54) is 17.4 Å². The predicted molar refractivity (Wildman–Crippen MR) is 66.8 cm³/mol. The van der Waals surface area contributed by atoms with Crippen molar-refractivity contribution < 1.29 is 8.78 Å². The van der Waals surface area contributed by atoms with Crippen molar-refractivity contribution in [3.8, 4) is 0 Å². The fourth-order valence-electron chi connectivity index (χ4n) is 1.29. The number of halogens is 3. The Labute approximate surface area is 103 Å². The van der Waals surface area contributed by atoms with Gasteiger partial charge in [0.2, 0.25) is 0 Å². The zero-order valence-electron chi connectivity index (χ0n) is 6.80. The van der Waals surface area contributed by atoms with E-state index in [4.69, 9.17) is 0 Å². The van der Waals surface area contributed by atoms with Crippen molar-refractivity contribution in [1.29, 1.82) is 0 Å². The van der Waals surface area contributed by atoms with Crippen molar-refractivity contribution in [2.45, 2.75) is 11.3 Å². The number of thiol groups is 1. The fraction of sp³-hybridized carbons (Fsp3) is 0.111. The molecule has 0 aliphatic carbocycles. The summed E-state index contributed by atoms with van der Waals surface area (Å²) in [6.45, 7) is 0. The number of fused-ring (bicyclic) bond motifs is 1. The Bertz CT molecular complexity index is 479. The van der Waals surface area contributed by atoms with Crippen molar-refractivity contribution in [1.82, 2.24) is 0 Å². The second-order valence-corrected chi connectivity index (χ2v) is 5.24. The van der Waals surface area contributed by atoms with Crippen LogP contribution < -0.4 is 0 Å². The molecule has 1 aromatic heterocycles. The first-order valence-corrected chi connectivity index (χ1v) is 6.18. The lowest BCUT2D eigenvalue weighted by atomic mass is 10.1. The molecule has 74 valence electrons. The number of hydrogen-bond acceptors (Lipinski definition) is 2. The lowest BCUT2D eigenvalue weighted by molar-refractivity contribution is 0.153. The first-order chi connectivity index (χ1) is 6.61. The van der Waals surface area contributed by atoms with Crippen LogP contribution in [0.25, 0.3) is 10.1 Å². The van der Waals surface area contributed by atoms with Gasteiger partial charge in [-0.1, -0.05) is 0 Å². The summed E-state index contributed by atoms with van der Waals surface area (Å²) >= 11 is 7.78. The number of thiophene rings is 1. The van der Waals surface area contributed by atoms with Gasteiger partial charge in [0.05, 0.1) is 0 Å². The summed E-state index contributed by atoms with van der Waals surface area (Å²) in [5, 5.41) is 2.47. The van der Waals surface area contributed by atoms with E-state index in [9.17, 15) is 8.78 Å². The van der Waals surface area contributed by atoms with Gasteiger partial charge in [-0.25, -0.2) is 8.78 Å². The molecule has 14 heavy (non-hydrogen) atoms. The second kappa shape index (κ2) is 3.94. The maximum Gasteiger partial charge on any atom is 0.264 e. The van der Waals surface area contributed by atoms with Crippen LogP contribution in [0.4, 0.5) is 8.78 Å². The van der Waals surface area contributed by atoms with Crippen LogP contribution >= 0.6 is 46.6 Å². The van der Waals surface area contributed by atoms with Crippen molar-refractivity contribution in [2.75, 3.05) is 0 Å². The van der Waals surface area contributed by atoms with Crippen LogP contribution in [0.2, 0.25) is 0 Å². The molecule has 0 amide bonds. The summed E-state index contributed by atoms with van der Waals surface area (Å²) in [6, 6.07) is 3.18. The summed E-state index contributed by atoms with van der Waals surface area (Å²) in [5.74, 6) is 0. The van der Waals surface area contributed by atoms with Crippen LogP contribution in [0.5, 0.6) is 0 Å². The molecule has 5 heteroatoms. The number of hydrogen-bond donors (Lipinski definition) is 1. The molecule has 0 saturated carbocycles. The summed E-state index contributed by atoms with van der Waals surface area (Å²) < 4.78 is 27.2. The van der Waals surface area contributed by atoms with Crippen molar-refractivity contribution >= 4 is 56.6 Å². The molecule has 0 nitrogen and oxygen atoms in total. The Morgan fingerprint density at radius 2 is 2.14 bits per heavy atom. The molecule has 1 heterocycles. The van der Waals surface area contributed by atoms with Gasteiger partial charge in [0.25, 0.3) is 6.43 Å². The number of alkyl halides is 2. The van der Waals surface area contributed by atoms with E-state index in [-0.39, 0.29) is 5.56 Å². The minimum atomic E-state index is -2.44. The van der Waals surface area contributed by atoms with Crippen LogP contribution in [-0.4, -0.2) is 0 Å². The smallest absolute Gasteiger partial charge is 0.205 e. The molecular weight excluding hydrogens is 337 g/mol. The van der Waals surface area contributed by atoms with E-state index in [1.807, 2.05) is 5.38 Å². The molecule has 0 aliphatic heterocycles. The molecule has 0 saturated heterocycles. The normalized spacial score (nSPS) is 11.5. The predicted octanol–water partition coefficient (Wildman–Crippen LogP) is 4.73. The van der Waals surface area contributed by atoms with E-state index >= 15 is 0 Å². The molecular formula is C9H5F2IS2. The third-order valence-electron chi connectivity index (χ3n) is 1.93. The van der Waals surface area contributed by atoms with Gasteiger partial charge in [-0.3, -0.25) is 0 Å². The zero-order valence-corrected chi connectivity index (χ0v) is 10.7. The fourth-order valence-corrected chi connectivity index (χ4v) is 3.31. The third-order valence-corrected chi connectivity index (χ3v) is 5.13. The first kappa shape index (κ1) is 10.6. The Balaban J connectivity index is 2.84. The molecule has 0 radical (unpaired) electrons. The van der Waals surface area contributed by atoms with Gasteiger partial charge in [0.1, 0.15) is 0 Å². The monoisotopic (exact) mass is 342 g/mol. The summed E-state index contributed by atoms with van der Waals surface area (Å²) in [4.78, 5) is 0.621. The van der Waals surface area contributed by atoms with E-state index in [0.717, 1.165) is 8.27 Å². The van der Waals surface area contributed by atoms with Crippen LogP contribution in [-0.2, 0) is 0 Å². The molecule has 0 atom stereocenters. The maximum atomic E-state index is 12.7. The lowest BCUT2D eigenvalue weighted by Gasteiger charge is -2.05. The molecule has 0 spiro atoms. The molecule has 0 bridgehead atoms. The Kier molecular flexibility index (Phi) is 2.99. The van der Waals surface area contributed by atoms with Crippen molar-refractivity contribution in [2.24, 2.45) is 0 Å². The summed E-state index contributed by atoms with van der Waals surface area (Å²) in [5.41, 5.74) is 0.0756. The molecule has 2 aromatic rings. The highest BCUT2D eigenvalue weighted by atomic mass is 127. The SMILES string of the molecule is FC(F)c1cc(S)c(I)c2sccc12. The Morgan fingerprint density at radius 1 is 1.43 bits per heavy atom. The first-order valence-electron chi connectivity index (χ1n) is 3.78. The largest absolute Gasteiger partial charge is 0.264 e. The van der Waals surface area contributed by atoms with Gasteiger partial charge < -0.3 is 0 Å². The minimum Gasteiger partial charge on any atom is -0.205 e. The van der Waals surface area contributed by atoms with E-state index < -0.39 is 6.43 Å². The third kappa shape index (κ3) is 1.65. The van der Waals surface area contributed by atoms with Crippen LogP contribution in [0.15, 0.2) is 22.4 Å². The zero-order chi connectivity index (χ0) is 10.3. The van der Waals surface area contributed by atoms with Crippen LogP contribution in [0.1, 0.15) is 12.0 Å². The Morgan fingerprint density at radius 3 is 2.79 bits per heavy atom. The average molecular weight is 342 g/mol. The number of benzene rings is 1. The molecule has 2 rings (SSSR count). The topological polar surface area (TPSA) is 0 Å².